The van der Waals surface area contributed by atoms with E-state index >= 15 is 0 Å². The van der Waals surface area contributed by atoms with Crippen molar-refractivity contribution in [3.63, 3.8) is 0 Å². The molecule has 2 aromatic carbocycles. The molecule has 0 bridgehead atoms. The van der Waals surface area contributed by atoms with Crippen LogP contribution in [0.1, 0.15) is 36.6 Å². The van der Waals surface area contributed by atoms with Gasteiger partial charge < -0.3 is 24.1 Å². The van der Waals surface area contributed by atoms with Crippen molar-refractivity contribution < 1.29 is 28.8 Å². The Bertz CT molecular complexity index is 1700. The van der Waals surface area contributed by atoms with Gasteiger partial charge in [0.05, 0.1) is 49.8 Å². The van der Waals surface area contributed by atoms with Gasteiger partial charge >= 0.3 is 5.97 Å². The summed E-state index contributed by atoms with van der Waals surface area (Å²) in [6.07, 6.45) is 3.80. The highest BCUT2D eigenvalue weighted by Crippen LogP contribution is 2.41. The fraction of sp³-hybridized carbons (Fsp3) is 0.276. The lowest BCUT2D eigenvalue weighted by Crippen LogP contribution is -2.40. The highest BCUT2D eigenvalue weighted by Gasteiger charge is 2.35. The number of hydrogen-bond donors (Lipinski definition) is 1. The Morgan fingerprint density at radius 2 is 1.82 bits per heavy atom. The summed E-state index contributed by atoms with van der Waals surface area (Å²) < 4.78 is 24.2. The maximum Gasteiger partial charge on any atom is 0.338 e. The average Bonchev–Trinajstić information content (AvgIpc) is 3.23. The number of aromatic nitrogens is 1. The van der Waals surface area contributed by atoms with Gasteiger partial charge in [0, 0.05) is 10.0 Å². The van der Waals surface area contributed by atoms with E-state index in [0.717, 1.165) is 0 Å². The SMILES string of the molecule is C=CCc1cc(/C=c2/sc3n(c2=O)[C@@H](c2cc(OC)c(OC)cc2Br)C(C(=O)OCC)=C(C)N=3)cc(OC)c1O. The molecule has 0 radical (unpaired) electrons. The number of carbonyl (C=O) groups is 1. The third-order valence-corrected chi connectivity index (χ3v) is 8.04. The molecule has 9 nitrogen and oxygen atoms in total. The number of methoxy groups -OCH3 is 3. The molecule has 0 fully saturated rings. The molecule has 1 atom stereocenters. The first-order valence-electron chi connectivity index (χ1n) is 12.3. The normalized spacial score (nSPS) is 14.8. The van der Waals surface area contributed by atoms with Gasteiger partial charge in [0.15, 0.2) is 27.8 Å². The van der Waals surface area contributed by atoms with Crippen molar-refractivity contribution in [2.75, 3.05) is 27.9 Å². The minimum absolute atomic E-state index is 0.0222. The number of fused-ring (bicyclic) bond motifs is 1. The molecule has 0 aliphatic carbocycles. The largest absolute Gasteiger partial charge is 0.504 e. The Hall–Kier alpha value is -3.83. The summed E-state index contributed by atoms with van der Waals surface area (Å²) in [6, 6.07) is 6.03. The first-order chi connectivity index (χ1) is 19.2. The zero-order chi connectivity index (χ0) is 29.1. The van der Waals surface area contributed by atoms with Gasteiger partial charge in [-0.05, 0) is 61.7 Å². The summed E-state index contributed by atoms with van der Waals surface area (Å²) in [7, 11) is 4.51. The molecule has 1 aliphatic heterocycles. The Morgan fingerprint density at radius 1 is 1.15 bits per heavy atom. The van der Waals surface area contributed by atoms with E-state index in [1.54, 1.807) is 50.3 Å². The molecule has 11 heteroatoms. The molecular weight excluding hydrogens is 600 g/mol. The number of ether oxygens (including phenoxy) is 4. The van der Waals surface area contributed by atoms with E-state index < -0.39 is 12.0 Å². The summed E-state index contributed by atoms with van der Waals surface area (Å²) >= 11 is 4.79. The minimum Gasteiger partial charge on any atom is -0.504 e. The molecule has 4 rings (SSSR count). The molecule has 0 unspecified atom stereocenters. The first kappa shape index (κ1) is 29.2. The first-order valence-corrected chi connectivity index (χ1v) is 13.9. The molecule has 1 aliphatic rings. The van der Waals surface area contributed by atoms with Crippen molar-refractivity contribution in [3.05, 3.63) is 89.0 Å². The molecule has 1 N–H and O–H groups in total. The second-order valence-corrected chi connectivity index (χ2v) is 10.6. The van der Waals surface area contributed by atoms with Crippen LogP contribution >= 0.6 is 27.3 Å². The zero-order valence-corrected chi connectivity index (χ0v) is 25.1. The van der Waals surface area contributed by atoms with Crippen LogP contribution in [0.2, 0.25) is 0 Å². The zero-order valence-electron chi connectivity index (χ0n) is 22.7. The number of allylic oxidation sites excluding steroid dienone is 2. The number of rotatable bonds is 9. The Labute approximate surface area is 243 Å². The predicted octanol–water partition coefficient (Wildman–Crippen LogP) is 4.02. The van der Waals surface area contributed by atoms with Gasteiger partial charge in [0.1, 0.15) is 0 Å². The number of phenols is 1. The molecule has 1 aromatic heterocycles. The van der Waals surface area contributed by atoms with Crippen molar-refractivity contribution in [2.24, 2.45) is 4.99 Å². The van der Waals surface area contributed by atoms with Crippen LogP contribution in [0.25, 0.3) is 6.08 Å². The van der Waals surface area contributed by atoms with Crippen LogP contribution in [-0.4, -0.2) is 43.6 Å². The number of halogens is 1. The van der Waals surface area contributed by atoms with Gasteiger partial charge in [-0.2, -0.15) is 0 Å². The van der Waals surface area contributed by atoms with Gasteiger partial charge in [0.2, 0.25) is 0 Å². The lowest BCUT2D eigenvalue weighted by atomic mass is 9.95. The van der Waals surface area contributed by atoms with Crippen molar-refractivity contribution >= 4 is 39.3 Å². The van der Waals surface area contributed by atoms with E-state index in [0.29, 0.717) is 54.1 Å². The summed E-state index contributed by atoms with van der Waals surface area (Å²) in [5.74, 6) is 0.661. The van der Waals surface area contributed by atoms with Crippen LogP contribution in [0.5, 0.6) is 23.0 Å². The third-order valence-electron chi connectivity index (χ3n) is 6.37. The summed E-state index contributed by atoms with van der Waals surface area (Å²) in [6.45, 7) is 7.35. The second kappa shape index (κ2) is 12.1. The molecule has 2 heterocycles. The lowest BCUT2D eigenvalue weighted by molar-refractivity contribution is -0.139. The summed E-state index contributed by atoms with van der Waals surface area (Å²) in [5, 5.41) is 10.5. The van der Waals surface area contributed by atoms with Gasteiger partial charge in [0.25, 0.3) is 5.56 Å². The number of phenolic OH excluding ortho intramolecular Hbond substituents is 1. The number of nitrogens with zero attached hydrogens (tertiary/aromatic N) is 2. The van der Waals surface area contributed by atoms with Crippen molar-refractivity contribution in [1.82, 2.24) is 4.57 Å². The van der Waals surface area contributed by atoms with Crippen LogP contribution < -0.4 is 29.1 Å². The number of thiazole rings is 1. The fourth-order valence-electron chi connectivity index (χ4n) is 4.56. The van der Waals surface area contributed by atoms with Crippen molar-refractivity contribution in [1.29, 1.82) is 0 Å². The van der Waals surface area contributed by atoms with Gasteiger partial charge in [-0.1, -0.05) is 33.3 Å². The number of aromatic hydroxyl groups is 1. The third kappa shape index (κ3) is 5.31. The van der Waals surface area contributed by atoms with Crippen LogP contribution in [-0.2, 0) is 16.0 Å². The van der Waals surface area contributed by atoms with Crippen LogP contribution in [0.4, 0.5) is 0 Å². The van der Waals surface area contributed by atoms with E-state index in [-0.39, 0.29) is 29.2 Å². The van der Waals surface area contributed by atoms with Crippen LogP contribution in [0.3, 0.4) is 0 Å². The molecule has 40 heavy (non-hydrogen) atoms. The van der Waals surface area contributed by atoms with E-state index in [2.05, 4.69) is 27.5 Å². The molecule has 0 spiro atoms. The second-order valence-electron chi connectivity index (χ2n) is 8.75. The van der Waals surface area contributed by atoms with Gasteiger partial charge in [-0.3, -0.25) is 9.36 Å². The van der Waals surface area contributed by atoms with E-state index in [4.69, 9.17) is 18.9 Å². The Morgan fingerprint density at radius 3 is 2.45 bits per heavy atom. The Kier molecular flexibility index (Phi) is 8.85. The van der Waals surface area contributed by atoms with Crippen LogP contribution in [0, 0.1) is 0 Å². The highest BCUT2D eigenvalue weighted by atomic mass is 79.9. The van der Waals surface area contributed by atoms with E-state index in [1.807, 2.05) is 0 Å². The molecule has 0 amide bonds. The van der Waals surface area contributed by atoms with Crippen LogP contribution in [0.15, 0.2) is 62.5 Å². The predicted molar refractivity (Wildman–Crippen MR) is 156 cm³/mol. The Balaban J connectivity index is 2.01. The van der Waals surface area contributed by atoms with Crippen molar-refractivity contribution in [3.8, 4) is 23.0 Å². The topological polar surface area (TPSA) is 109 Å². The average molecular weight is 630 g/mol. The fourth-order valence-corrected chi connectivity index (χ4v) is 6.14. The molecule has 0 saturated carbocycles. The molecular formula is C29H29BrN2O7S. The lowest BCUT2D eigenvalue weighted by Gasteiger charge is -2.26. The summed E-state index contributed by atoms with van der Waals surface area (Å²) in [5.41, 5.74) is 2.21. The number of hydrogen-bond acceptors (Lipinski definition) is 9. The minimum atomic E-state index is -0.850. The quantitative estimate of drug-likeness (QED) is 0.282. The highest BCUT2D eigenvalue weighted by molar-refractivity contribution is 9.10. The molecule has 210 valence electrons. The van der Waals surface area contributed by atoms with Gasteiger partial charge in [-0.15, -0.1) is 6.58 Å². The smallest absolute Gasteiger partial charge is 0.338 e. The number of carbonyl (C=O) groups excluding carboxylic acids is 1. The van der Waals surface area contributed by atoms with E-state index in [1.165, 1.54) is 37.2 Å². The summed E-state index contributed by atoms with van der Waals surface area (Å²) in [4.78, 5) is 32.3. The maximum absolute atomic E-state index is 14.0. The monoisotopic (exact) mass is 628 g/mol. The number of esters is 1. The van der Waals surface area contributed by atoms with Gasteiger partial charge in [-0.25, -0.2) is 9.79 Å². The maximum atomic E-state index is 14.0. The van der Waals surface area contributed by atoms with E-state index in [9.17, 15) is 14.7 Å². The molecule has 3 aromatic rings. The standard InChI is InChI=1S/C29H29BrN2O7S/c1-7-9-17-10-16(11-22(38-6)26(17)33)12-23-27(34)32-25(18-13-20(36-4)21(37-5)14-19(18)30)24(28(35)39-8-2)15(3)31-29(32)40-23/h7,10-14,25,33H,1,8-9H2,2-6H3/b23-12+/t25-/m0/s1. The number of benzene rings is 2. The molecule has 0 saturated heterocycles. The van der Waals surface area contributed by atoms with Crippen molar-refractivity contribution in [2.45, 2.75) is 26.3 Å².